The van der Waals surface area contributed by atoms with Gasteiger partial charge in [-0.3, -0.25) is 9.48 Å². The minimum atomic E-state index is -0.347. The quantitative estimate of drug-likeness (QED) is 0.344. The molecule has 1 saturated carbocycles. The van der Waals surface area contributed by atoms with Crippen molar-refractivity contribution in [2.45, 2.75) is 18.8 Å². The van der Waals surface area contributed by atoms with Gasteiger partial charge >= 0.3 is 0 Å². The van der Waals surface area contributed by atoms with Crippen molar-refractivity contribution >= 4 is 28.7 Å². The van der Waals surface area contributed by atoms with E-state index in [9.17, 15) is 9.90 Å². The van der Waals surface area contributed by atoms with Crippen molar-refractivity contribution in [2.75, 3.05) is 10.6 Å². The minimum absolute atomic E-state index is 0.136. The normalized spacial score (nSPS) is 13.2. The maximum Gasteiger partial charge on any atom is 0.261 e. The number of hydrogen-bond donors (Lipinski definition) is 3. The van der Waals surface area contributed by atoms with Gasteiger partial charge in [0.05, 0.1) is 6.20 Å². The third kappa shape index (κ3) is 4.29. The summed E-state index contributed by atoms with van der Waals surface area (Å²) in [6, 6.07) is 14.7. The maximum absolute atomic E-state index is 13.0. The molecule has 35 heavy (non-hydrogen) atoms. The van der Waals surface area contributed by atoms with Crippen molar-refractivity contribution in [3.05, 3.63) is 78.4 Å². The number of hydrogen-bond acceptors (Lipinski definition) is 7. The number of aromatic nitrogens is 6. The number of anilines is 3. The molecule has 1 fully saturated rings. The molecule has 3 heterocycles. The first kappa shape index (κ1) is 20.8. The largest absolute Gasteiger partial charge is 0.508 e. The number of nitrogens with one attached hydrogen (secondary N) is 2. The number of aryl methyl sites for hydroxylation is 1. The number of carbonyl (C=O) groups is 1. The lowest BCUT2D eigenvalue weighted by atomic mass is 10.1. The van der Waals surface area contributed by atoms with E-state index >= 15 is 0 Å². The average Bonchev–Trinajstić information content (AvgIpc) is 3.47. The molecule has 0 unspecified atom stereocenters. The van der Waals surface area contributed by atoms with Crippen LogP contribution in [-0.2, 0) is 7.05 Å². The molecule has 3 aromatic heterocycles. The Kier molecular flexibility index (Phi) is 4.91. The van der Waals surface area contributed by atoms with Gasteiger partial charge in [0, 0.05) is 36.2 Å². The van der Waals surface area contributed by atoms with E-state index in [1.54, 1.807) is 39.9 Å². The summed E-state index contributed by atoms with van der Waals surface area (Å²) in [5, 5.41) is 24.8. The number of carbonyl (C=O) groups excluding carboxylic acids is 1. The van der Waals surface area contributed by atoms with Crippen molar-refractivity contribution < 1.29 is 9.90 Å². The second-order valence-corrected chi connectivity index (χ2v) is 8.63. The van der Waals surface area contributed by atoms with E-state index in [4.69, 9.17) is 0 Å². The van der Waals surface area contributed by atoms with Gasteiger partial charge in [-0.2, -0.15) is 10.2 Å². The molecule has 0 saturated heterocycles. The monoisotopic (exact) mass is 466 g/mol. The molecule has 2 aromatic carbocycles. The summed E-state index contributed by atoms with van der Waals surface area (Å²) < 4.78 is 3.20. The number of aromatic hydroxyl groups is 1. The number of phenolic OH excluding ortho intramolecular Hbond substituents is 1. The molecular weight excluding hydrogens is 444 g/mol. The number of fused-ring (bicyclic) bond motifs is 1. The Labute approximate surface area is 200 Å². The highest BCUT2D eigenvalue weighted by Crippen LogP contribution is 2.42. The fourth-order valence-electron chi connectivity index (χ4n) is 4.01. The first-order valence-electron chi connectivity index (χ1n) is 11.2. The highest BCUT2D eigenvalue weighted by molar-refractivity contribution is 6.08. The Bertz CT molecular complexity index is 1570. The van der Waals surface area contributed by atoms with E-state index < -0.39 is 0 Å². The number of rotatable bonds is 6. The topological polar surface area (TPSA) is 122 Å². The summed E-state index contributed by atoms with van der Waals surface area (Å²) in [6.45, 7) is 0. The molecule has 5 aromatic rings. The number of amides is 1. The van der Waals surface area contributed by atoms with Gasteiger partial charge in [0.2, 0.25) is 0 Å². The Morgan fingerprint density at radius 3 is 2.80 bits per heavy atom. The maximum atomic E-state index is 13.0. The molecule has 6 rings (SSSR count). The number of nitrogens with zero attached hydrogens (tertiary/aromatic N) is 6. The zero-order valence-corrected chi connectivity index (χ0v) is 18.9. The van der Waals surface area contributed by atoms with E-state index in [0.717, 1.165) is 29.7 Å². The molecule has 1 aliphatic rings. The van der Waals surface area contributed by atoms with Gasteiger partial charge < -0.3 is 15.7 Å². The smallest absolute Gasteiger partial charge is 0.261 e. The predicted molar refractivity (Wildman–Crippen MR) is 131 cm³/mol. The van der Waals surface area contributed by atoms with E-state index in [1.807, 2.05) is 37.4 Å². The van der Waals surface area contributed by atoms with Crippen LogP contribution in [0.25, 0.3) is 17.0 Å². The first-order chi connectivity index (χ1) is 17.0. The van der Waals surface area contributed by atoms with Gasteiger partial charge in [-0.25, -0.2) is 14.5 Å². The molecular formula is C25H22N8O2. The molecule has 1 aliphatic carbocycles. The van der Waals surface area contributed by atoms with Crippen LogP contribution in [0.4, 0.5) is 17.2 Å². The van der Waals surface area contributed by atoms with Crippen molar-refractivity contribution in [2.24, 2.45) is 7.05 Å². The third-order valence-electron chi connectivity index (χ3n) is 5.85. The minimum Gasteiger partial charge on any atom is -0.508 e. The zero-order chi connectivity index (χ0) is 23.9. The Morgan fingerprint density at radius 1 is 1.11 bits per heavy atom. The van der Waals surface area contributed by atoms with Gasteiger partial charge in [-0.15, -0.1) is 0 Å². The van der Waals surface area contributed by atoms with Gasteiger partial charge in [-0.05, 0) is 54.7 Å². The molecule has 0 aliphatic heterocycles. The molecule has 174 valence electrons. The van der Waals surface area contributed by atoms with Crippen LogP contribution in [0, 0.1) is 0 Å². The van der Waals surface area contributed by atoms with Crippen molar-refractivity contribution in [3.63, 3.8) is 0 Å². The summed E-state index contributed by atoms with van der Waals surface area (Å²) >= 11 is 0. The highest BCUT2D eigenvalue weighted by atomic mass is 16.3. The van der Waals surface area contributed by atoms with Crippen LogP contribution in [0.2, 0.25) is 0 Å². The Balaban J connectivity index is 1.25. The molecule has 1 amide bonds. The number of phenols is 1. The lowest BCUT2D eigenvalue weighted by Gasteiger charge is -2.09. The number of benzene rings is 2. The zero-order valence-electron chi connectivity index (χ0n) is 18.9. The predicted octanol–water partition coefficient (Wildman–Crippen LogP) is 4.10. The molecule has 0 bridgehead atoms. The molecule has 0 atom stereocenters. The van der Waals surface area contributed by atoms with E-state index in [1.165, 1.54) is 6.20 Å². The van der Waals surface area contributed by atoms with E-state index in [2.05, 4.69) is 30.8 Å². The van der Waals surface area contributed by atoms with Crippen LogP contribution in [0.5, 0.6) is 5.75 Å². The second-order valence-electron chi connectivity index (χ2n) is 8.63. The van der Waals surface area contributed by atoms with Gasteiger partial charge in [-0.1, -0.05) is 12.1 Å². The Hall–Kier alpha value is -4.73. The lowest BCUT2D eigenvalue weighted by molar-refractivity contribution is 0.102. The van der Waals surface area contributed by atoms with Crippen molar-refractivity contribution in [1.29, 1.82) is 0 Å². The molecule has 10 nitrogen and oxygen atoms in total. The van der Waals surface area contributed by atoms with Crippen LogP contribution < -0.4 is 10.6 Å². The summed E-state index contributed by atoms with van der Waals surface area (Å²) in [6.07, 6.45) is 7.09. The summed E-state index contributed by atoms with van der Waals surface area (Å²) in [5.74, 6) is 1.44. The van der Waals surface area contributed by atoms with Crippen LogP contribution in [-0.4, -0.2) is 40.4 Å². The average molecular weight is 467 g/mol. The Morgan fingerprint density at radius 2 is 2.00 bits per heavy atom. The van der Waals surface area contributed by atoms with Gasteiger partial charge in [0.1, 0.15) is 23.5 Å². The SMILES string of the molecule is Cn1cnc(-c2cccc(Nc3ccn4ncc(C(=O)Nc5cc(O)cc(C6CC6)c5)c4n3)c2)n1. The fraction of sp³-hybridized carbons (Fsp3) is 0.160. The summed E-state index contributed by atoms with van der Waals surface area (Å²) in [7, 11) is 1.82. The first-order valence-corrected chi connectivity index (χ1v) is 11.2. The van der Waals surface area contributed by atoms with Gasteiger partial charge in [0.25, 0.3) is 5.91 Å². The molecule has 3 N–H and O–H groups in total. The van der Waals surface area contributed by atoms with Crippen molar-refractivity contribution in [3.8, 4) is 17.1 Å². The van der Waals surface area contributed by atoms with Crippen LogP contribution in [0.3, 0.4) is 0 Å². The van der Waals surface area contributed by atoms with E-state index in [-0.39, 0.29) is 11.7 Å². The van der Waals surface area contributed by atoms with Crippen LogP contribution in [0.15, 0.2) is 67.3 Å². The summed E-state index contributed by atoms with van der Waals surface area (Å²) in [5.41, 5.74) is 4.01. The molecule has 10 heteroatoms. The van der Waals surface area contributed by atoms with E-state index in [0.29, 0.717) is 34.5 Å². The highest BCUT2D eigenvalue weighted by Gasteiger charge is 2.24. The summed E-state index contributed by atoms with van der Waals surface area (Å²) in [4.78, 5) is 22.0. The van der Waals surface area contributed by atoms with Gasteiger partial charge in [0.15, 0.2) is 11.5 Å². The van der Waals surface area contributed by atoms with Crippen LogP contribution in [0.1, 0.15) is 34.7 Å². The fourth-order valence-corrected chi connectivity index (χ4v) is 4.01. The second kappa shape index (κ2) is 8.24. The molecule has 0 spiro atoms. The standard InChI is InChI=1S/C25H22N8O2/c1-32-14-26-23(31-32)16-3-2-4-18(9-16)28-22-7-8-33-24(30-22)21(13-27-33)25(35)29-19-10-17(15-5-6-15)11-20(34)12-19/h2-4,7-15,34H,5-6H2,1H3,(H,28,30)(H,29,35). The lowest BCUT2D eigenvalue weighted by Crippen LogP contribution is -2.12. The van der Waals surface area contributed by atoms with Crippen LogP contribution >= 0.6 is 0 Å². The molecule has 0 radical (unpaired) electrons. The third-order valence-corrected chi connectivity index (χ3v) is 5.85. The van der Waals surface area contributed by atoms with Crippen molar-refractivity contribution in [1.82, 2.24) is 29.4 Å².